The molecule has 0 bridgehead atoms. The molecule has 1 unspecified atom stereocenters. The van der Waals surface area contributed by atoms with E-state index in [1.807, 2.05) is 25.1 Å². The molecule has 0 amide bonds. The third kappa shape index (κ3) is 4.12. The van der Waals surface area contributed by atoms with Crippen molar-refractivity contribution in [3.8, 4) is 5.75 Å². The molecular weight excluding hydrogens is 270 g/mol. The summed E-state index contributed by atoms with van der Waals surface area (Å²) >= 11 is 3.40. The van der Waals surface area contributed by atoms with Crippen LogP contribution in [0.15, 0.2) is 22.7 Å². The number of aliphatic hydroxyl groups is 1. The van der Waals surface area contributed by atoms with Crippen molar-refractivity contribution in [3.63, 3.8) is 0 Å². The Labute approximate surface area is 105 Å². The van der Waals surface area contributed by atoms with E-state index < -0.39 is 0 Å². The number of rotatable bonds is 5. The molecule has 0 saturated heterocycles. The van der Waals surface area contributed by atoms with Crippen molar-refractivity contribution < 1.29 is 9.84 Å². The zero-order chi connectivity index (χ0) is 12.1. The minimum atomic E-state index is -0.339. The molecule has 4 heteroatoms. The smallest absolute Gasteiger partial charge is 0.124 e. The van der Waals surface area contributed by atoms with Gasteiger partial charge in [0.1, 0.15) is 5.75 Å². The maximum atomic E-state index is 9.14. The van der Waals surface area contributed by atoms with E-state index >= 15 is 0 Å². The Hall–Kier alpha value is -0.580. The first-order chi connectivity index (χ1) is 7.50. The van der Waals surface area contributed by atoms with Crippen LogP contribution in [0.25, 0.3) is 0 Å². The van der Waals surface area contributed by atoms with Gasteiger partial charge in [-0.25, -0.2) is 0 Å². The molecule has 1 aromatic rings. The van der Waals surface area contributed by atoms with Gasteiger partial charge in [0.25, 0.3) is 0 Å². The summed E-state index contributed by atoms with van der Waals surface area (Å²) in [4.78, 5) is 0. The van der Waals surface area contributed by atoms with Gasteiger partial charge < -0.3 is 15.6 Å². The van der Waals surface area contributed by atoms with Crippen LogP contribution in [0.4, 0.5) is 0 Å². The molecule has 0 aliphatic carbocycles. The Morgan fingerprint density at radius 1 is 1.44 bits per heavy atom. The maximum absolute atomic E-state index is 9.14. The summed E-state index contributed by atoms with van der Waals surface area (Å²) < 4.78 is 6.59. The van der Waals surface area contributed by atoms with Gasteiger partial charge in [-0.1, -0.05) is 15.9 Å². The van der Waals surface area contributed by atoms with Crippen LogP contribution in [0.3, 0.4) is 0 Å². The number of ether oxygens (including phenoxy) is 1. The molecule has 1 rings (SSSR count). The van der Waals surface area contributed by atoms with Gasteiger partial charge in [0.2, 0.25) is 0 Å². The Morgan fingerprint density at radius 2 is 2.12 bits per heavy atom. The Bertz CT molecular complexity index is 340. The molecule has 3 N–H and O–H groups in total. The fourth-order valence-corrected chi connectivity index (χ4v) is 1.72. The molecule has 0 aliphatic heterocycles. The molecule has 0 spiro atoms. The van der Waals surface area contributed by atoms with E-state index in [0.29, 0.717) is 13.0 Å². The summed E-state index contributed by atoms with van der Waals surface area (Å²) in [6, 6.07) is 5.70. The lowest BCUT2D eigenvalue weighted by Gasteiger charge is -2.15. The SMILES string of the molecule is CC(O)CCOc1ccc(Br)cc1[C@@H](C)N. The van der Waals surface area contributed by atoms with Crippen molar-refractivity contribution in [1.29, 1.82) is 0 Å². The monoisotopic (exact) mass is 287 g/mol. The van der Waals surface area contributed by atoms with Crippen molar-refractivity contribution in [3.05, 3.63) is 28.2 Å². The lowest BCUT2D eigenvalue weighted by atomic mass is 10.1. The molecular formula is C12H18BrNO2. The minimum Gasteiger partial charge on any atom is -0.493 e. The van der Waals surface area contributed by atoms with E-state index in [4.69, 9.17) is 15.6 Å². The lowest BCUT2D eigenvalue weighted by Crippen LogP contribution is -2.11. The molecule has 0 radical (unpaired) electrons. The Balaban J connectivity index is 2.71. The molecule has 90 valence electrons. The Morgan fingerprint density at radius 3 is 2.69 bits per heavy atom. The molecule has 2 atom stereocenters. The fourth-order valence-electron chi connectivity index (χ4n) is 1.35. The molecule has 0 fully saturated rings. The van der Waals surface area contributed by atoms with Gasteiger partial charge in [0.15, 0.2) is 0 Å². The van der Waals surface area contributed by atoms with Gasteiger partial charge >= 0.3 is 0 Å². The second-order valence-corrected chi connectivity index (χ2v) is 4.87. The van der Waals surface area contributed by atoms with Crippen molar-refractivity contribution in [1.82, 2.24) is 0 Å². The minimum absolute atomic E-state index is 0.0703. The molecule has 0 saturated carbocycles. The summed E-state index contributed by atoms with van der Waals surface area (Å²) in [5, 5.41) is 9.14. The highest BCUT2D eigenvalue weighted by molar-refractivity contribution is 9.10. The van der Waals surface area contributed by atoms with E-state index in [0.717, 1.165) is 15.8 Å². The van der Waals surface area contributed by atoms with Crippen LogP contribution in [0.2, 0.25) is 0 Å². The summed E-state index contributed by atoms with van der Waals surface area (Å²) in [7, 11) is 0. The first kappa shape index (κ1) is 13.5. The molecule has 0 aromatic heterocycles. The number of hydrogen-bond donors (Lipinski definition) is 2. The first-order valence-corrected chi connectivity index (χ1v) is 6.16. The number of benzene rings is 1. The number of hydrogen-bond acceptors (Lipinski definition) is 3. The second-order valence-electron chi connectivity index (χ2n) is 3.96. The van der Waals surface area contributed by atoms with Gasteiger partial charge in [0, 0.05) is 22.5 Å². The second kappa shape index (κ2) is 6.23. The van der Waals surface area contributed by atoms with Crippen molar-refractivity contribution in [2.24, 2.45) is 5.73 Å². The molecule has 1 aromatic carbocycles. The standard InChI is InChI=1S/C12H18BrNO2/c1-8(15)5-6-16-12-4-3-10(13)7-11(12)9(2)14/h3-4,7-9,15H,5-6,14H2,1-2H3/t8?,9-/m1/s1. The van der Waals surface area contributed by atoms with Crippen molar-refractivity contribution in [2.75, 3.05) is 6.61 Å². The van der Waals surface area contributed by atoms with Gasteiger partial charge in [0.05, 0.1) is 12.7 Å². The van der Waals surface area contributed by atoms with Crippen LogP contribution in [-0.2, 0) is 0 Å². The Kier molecular flexibility index (Phi) is 5.25. The van der Waals surface area contributed by atoms with Crippen LogP contribution in [-0.4, -0.2) is 17.8 Å². The molecule has 3 nitrogen and oxygen atoms in total. The zero-order valence-electron chi connectivity index (χ0n) is 9.61. The van der Waals surface area contributed by atoms with E-state index in [1.54, 1.807) is 6.92 Å². The van der Waals surface area contributed by atoms with E-state index in [-0.39, 0.29) is 12.1 Å². The number of nitrogens with two attached hydrogens (primary N) is 1. The lowest BCUT2D eigenvalue weighted by molar-refractivity contribution is 0.155. The van der Waals surface area contributed by atoms with Crippen molar-refractivity contribution in [2.45, 2.75) is 32.4 Å². The van der Waals surface area contributed by atoms with Gasteiger partial charge in [-0.15, -0.1) is 0 Å². The highest BCUT2D eigenvalue weighted by Crippen LogP contribution is 2.27. The normalized spacial score (nSPS) is 14.6. The van der Waals surface area contributed by atoms with Crippen LogP contribution in [0.5, 0.6) is 5.75 Å². The van der Waals surface area contributed by atoms with Crippen LogP contribution >= 0.6 is 15.9 Å². The summed E-state index contributed by atoms with van der Waals surface area (Å²) in [6.07, 6.45) is 0.281. The average Bonchev–Trinajstić information content (AvgIpc) is 2.19. The summed E-state index contributed by atoms with van der Waals surface area (Å²) in [5.74, 6) is 0.791. The maximum Gasteiger partial charge on any atom is 0.124 e. The van der Waals surface area contributed by atoms with Gasteiger partial charge in [-0.2, -0.15) is 0 Å². The predicted molar refractivity (Wildman–Crippen MR) is 68.5 cm³/mol. The van der Waals surface area contributed by atoms with E-state index in [9.17, 15) is 0 Å². The molecule has 16 heavy (non-hydrogen) atoms. The van der Waals surface area contributed by atoms with Gasteiger partial charge in [-0.3, -0.25) is 0 Å². The third-order valence-electron chi connectivity index (χ3n) is 2.26. The summed E-state index contributed by atoms with van der Waals surface area (Å²) in [5.41, 5.74) is 6.84. The average molecular weight is 288 g/mol. The summed E-state index contributed by atoms with van der Waals surface area (Å²) in [6.45, 7) is 4.17. The van der Waals surface area contributed by atoms with Crippen LogP contribution in [0, 0.1) is 0 Å². The fraction of sp³-hybridized carbons (Fsp3) is 0.500. The zero-order valence-corrected chi connectivity index (χ0v) is 11.2. The van der Waals surface area contributed by atoms with Crippen LogP contribution < -0.4 is 10.5 Å². The van der Waals surface area contributed by atoms with Crippen LogP contribution in [0.1, 0.15) is 31.9 Å². The predicted octanol–water partition coefficient (Wildman–Crippen LogP) is 2.62. The number of halogens is 1. The van der Waals surface area contributed by atoms with E-state index in [1.165, 1.54) is 0 Å². The van der Waals surface area contributed by atoms with Gasteiger partial charge in [-0.05, 0) is 32.0 Å². The molecule has 0 aliphatic rings. The highest BCUT2D eigenvalue weighted by Gasteiger charge is 2.09. The van der Waals surface area contributed by atoms with Crippen molar-refractivity contribution >= 4 is 15.9 Å². The first-order valence-electron chi connectivity index (χ1n) is 5.36. The van der Waals surface area contributed by atoms with E-state index in [2.05, 4.69) is 15.9 Å². The quantitative estimate of drug-likeness (QED) is 0.875. The highest BCUT2D eigenvalue weighted by atomic mass is 79.9. The topological polar surface area (TPSA) is 55.5 Å². The molecule has 0 heterocycles. The third-order valence-corrected chi connectivity index (χ3v) is 2.75. The largest absolute Gasteiger partial charge is 0.493 e. The number of aliphatic hydroxyl groups excluding tert-OH is 1.